The average Bonchev–Trinajstić information content (AvgIpc) is 2.30. The van der Waals surface area contributed by atoms with Crippen LogP contribution >= 0.6 is 0 Å². The molecular weight excluding hydrogens is 207 g/mol. The Labute approximate surface area is 94.9 Å². The van der Waals surface area contributed by atoms with E-state index < -0.39 is 18.8 Å². The number of benzene rings is 1. The number of hydrogen-bond donors (Lipinski definition) is 2. The quantitative estimate of drug-likeness (QED) is 0.752. The van der Waals surface area contributed by atoms with Gasteiger partial charge in [-0.1, -0.05) is 24.3 Å². The van der Waals surface area contributed by atoms with Crippen LogP contribution < -0.4 is 5.73 Å². The fourth-order valence-corrected chi connectivity index (χ4v) is 1.56. The Kier molecular flexibility index (Phi) is 4.58. The predicted octanol–water partition coefficient (Wildman–Crippen LogP) is 2.06. The summed E-state index contributed by atoms with van der Waals surface area (Å²) in [6.45, 7) is 1.10. The SMILES string of the molecule is COC(c1ccc(C(C)=N)cc1)C(N)CF. The molecule has 0 saturated heterocycles. The van der Waals surface area contributed by atoms with E-state index in [-0.39, 0.29) is 0 Å². The van der Waals surface area contributed by atoms with Crippen LogP contribution in [0.25, 0.3) is 0 Å². The van der Waals surface area contributed by atoms with Crippen molar-refractivity contribution in [3.05, 3.63) is 35.4 Å². The van der Waals surface area contributed by atoms with E-state index in [1.807, 2.05) is 24.3 Å². The Morgan fingerprint density at radius 3 is 2.38 bits per heavy atom. The lowest BCUT2D eigenvalue weighted by Crippen LogP contribution is -2.31. The summed E-state index contributed by atoms with van der Waals surface area (Å²) in [5.74, 6) is 0. The van der Waals surface area contributed by atoms with E-state index in [4.69, 9.17) is 15.9 Å². The topological polar surface area (TPSA) is 59.1 Å². The first-order chi connectivity index (χ1) is 7.60. The average molecular weight is 224 g/mol. The fourth-order valence-electron chi connectivity index (χ4n) is 1.56. The van der Waals surface area contributed by atoms with Crippen LogP contribution in [-0.2, 0) is 4.74 Å². The minimum atomic E-state index is -0.656. The van der Waals surface area contributed by atoms with Gasteiger partial charge in [-0.25, -0.2) is 4.39 Å². The second kappa shape index (κ2) is 5.72. The summed E-state index contributed by atoms with van der Waals surface area (Å²) in [6, 6.07) is 6.61. The number of nitrogens with two attached hydrogens (primary N) is 1. The van der Waals surface area contributed by atoms with E-state index in [1.54, 1.807) is 6.92 Å². The van der Waals surface area contributed by atoms with Gasteiger partial charge in [0.25, 0.3) is 0 Å². The van der Waals surface area contributed by atoms with E-state index in [0.29, 0.717) is 5.71 Å². The zero-order valence-corrected chi connectivity index (χ0v) is 9.53. The first kappa shape index (κ1) is 12.8. The number of halogens is 1. The minimum absolute atomic E-state index is 0.440. The van der Waals surface area contributed by atoms with Crippen LogP contribution in [0.5, 0.6) is 0 Å². The normalized spacial score (nSPS) is 14.5. The van der Waals surface area contributed by atoms with Crippen LogP contribution in [0.15, 0.2) is 24.3 Å². The molecule has 4 heteroatoms. The molecule has 0 aliphatic rings. The molecule has 3 N–H and O–H groups in total. The summed E-state index contributed by atoms with van der Waals surface area (Å²) >= 11 is 0. The molecule has 0 amide bonds. The van der Waals surface area contributed by atoms with Gasteiger partial charge in [0.2, 0.25) is 0 Å². The third-order valence-electron chi connectivity index (χ3n) is 2.49. The van der Waals surface area contributed by atoms with Crippen molar-refractivity contribution >= 4 is 5.71 Å². The molecule has 2 unspecified atom stereocenters. The molecule has 0 heterocycles. The van der Waals surface area contributed by atoms with Gasteiger partial charge in [-0.15, -0.1) is 0 Å². The standard InChI is InChI=1S/C12H17FN2O/c1-8(14)9-3-5-10(6-4-9)12(16-2)11(15)7-13/h3-6,11-12,14H,7,15H2,1-2H3. The molecule has 0 radical (unpaired) electrons. The van der Waals surface area contributed by atoms with Crippen LogP contribution in [0.4, 0.5) is 4.39 Å². The van der Waals surface area contributed by atoms with Gasteiger partial charge < -0.3 is 15.9 Å². The summed E-state index contributed by atoms with van der Waals surface area (Å²) in [5.41, 5.74) is 7.78. The number of nitrogens with one attached hydrogen (secondary N) is 1. The van der Waals surface area contributed by atoms with Crippen molar-refractivity contribution in [3.8, 4) is 0 Å². The summed E-state index contributed by atoms with van der Waals surface area (Å²) in [4.78, 5) is 0. The van der Waals surface area contributed by atoms with Gasteiger partial charge in [0.15, 0.2) is 0 Å². The molecule has 88 valence electrons. The van der Waals surface area contributed by atoms with Crippen molar-refractivity contribution in [1.29, 1.82) is 5.41 Å². The van der Waals surface area contributed by atoms with Gasteiger partial charge in [-0.3, -0.25) is 0 Å². The number of rotatable bonds is 5. The minimum Gasteiger partial charge on any atom is -0.375 e. The summed E-state index contributed by atoms with van der Waals surface area (Å²) in [5, 5.41) is 7.46. The lowest BCUT2D eigenvalue weighted by atomic mass is 10.0. The van der Waals surface area contributed by atoms with Crippen molar-refractivity contribution in [2.24, 2.45) is 5.73 Å². The lowest BCUT2D eigenvalue weighted by molar-refractivity contribution is 0.0721. The molecule has 0 spiro atoms. The molecule has 1 aromatic rings. The molecule has 0 bridgehead atoms. The smallest absolute Gasteiger partial charge is 0.107 e. The molecule has 0 saturated carbocycles. The Bertz CT molecular complexity index is 351. The summed E-state index contributed by atoms with van der Waals surface area (Å²) < 4.78 is 17.6. The molecule has 3 nitrogen and oxygen atoms in total. The van der Waals surface area contributed by atoms with Crippen molar-refractivity contribution in [3.63, 3.8) is 0 Å². The zero-order chi connectivity index (χ0) is 12.1. The molecule has 1 rings (SSSR count). The van der Waals surface area contributed by atoms with Crippen molar-refractivity contribution < 1.29 is 9.13 Å². The van der Waals surface area contributed by atoms with E-state index in [0.717, 1.165) is 11.1 Å². The highest BCUT2D eigenvalue weighted by molar-refractivity contribution is 5.96. The number of alkyl halides is 1. The maximum absolute atomic E-state index is 12.5. The van der Waals surface area contributed by atoms with Gasteiger partial charge >= 0.3 is 0 Å². The number of hydrogen-bond acceptors (Lipinski definition) is 3. The van der Waals surface area contributed by atoms with Gasteiger partial charge in [0, 0.05) is 12.8 Å². The largest absolute Gasteiger partial charge is 0.375 e. The Balaban J connectivity index is 2.90. The Hall–Kier alpha value is -1.26. The molecule has 0 aliphatic carbocycles. The van der Waals surface area contributed by atoms with Crippen LogP contribution in [0.2, 0.25) is 0 Å². The highest BCUT2D eigenvalue weighted by Crippen LogP contribution is 2.20. The maximum atomic E-state index is 12.5. The monoisotopic (exact) mass is 224 g/mol. The Morgan fingerprint density at radius 1 is 1.44 bits per heavy atom. The zero-order valence-electron chi connectivity index (χ0n) is 9.53. The van der Waals surface area contributed by atoms with E-state index in [2.05, 4.69) is 0 Å². The molecule has 0 aliphatic heterocycles. The highest BCUT2D eigenvalue weighted by atomic mass is 19.1. The lowest BCUT2D eigenvalue weighted by Gasteiger charge is -2.20. The van der Waals surface area contributed by atoms with Crippen molar-refractivity contribution in [2.45, 2.75) is 19.1 Å². The second-order valence-corrected chi connectivity index (χ2v) is 3.72. The Morgan fingerprint density at radius 2 is 2.00 bits per heavy atom. The first-order valence-electron chi connectivity index (χ1n) is 5.10. The fraction of sp³-hybridized carbons (Fsp3) is 0.417. The second-order valence-electron chi connectivity index (χ2n) is 3.72. The van der Waals surface area contributed by atoms with Gasteiger partial charge in [0.05, 0.1) is 12.1 Å². The van der Waals surface area contributed by atoms with Crippen LogP contribution in [0, 0.1) is 5.41 Å². The highest BCUT2D eigenvalue weighted by Gasteiger charge is 2.19. The number of methoxy groups -OCH3 is 1. The van der Waals surface area contributed by atoms with E-state index in [9.17, 15) is 4.39 Å². The van der Waals surface area contributed by atoms with Gasteiger partial charge in [-0.05, 0) is 18.1 Å². The molecular formula is C12H17FN2O. The molecule has 16 heavy (non-hydrogen) atoms. The van der Waals surface area contributed by atoms with E-state index >= 15 is 0 Å². The summed E-state index contributed by atoms with van der Waals surface area (Å²) in [7, 11) is 1.51. The van der Waals surface area contributed by atoms with Crippen molar-refractivity contribution in [2.75, 3.05) is 13.8 Å². The van der Waals surface area contributed by atoms with Gasteiger partial charge in [-0.2, -0.15) is 0 Å². The van der Waals surface area contributed by atoms with Crippen LogP contribution in [-0.4, -0.2) is 25.5 Å². The maximum Gasteiger partial charge on any atom is 0.107 e. The van der Waals surface area contributed by atoms with E-state index in [1.165, 1.54) is 7.11 Å². The molecule has 2 atom stereocenters. The number of ether oxygens (including phenoxy) is 1. The summed E-state index contributed by atoms with van der Waals surface area (Å²) in [6.07, 6.45) is -0.440. The van der Waals surface area contributed by atoms with Crippen LogP contribution in [0.1, 0.15) is 24.2 Å². The molecule has 1 aromatic carbocycles. The van der Waals surface area contributed by atoms with Crippen molar-refractivity contribution in [1.82, 2.24) is 0 Å². The third-order valence-corrected chi connectivity index (χ3v) is 2.49. The molecule has 0 aromatic heterocycles. The predicted molar refractivity (Wildman–Crippen MR) is 62.6 cm³/mol. The first-order valence-corrected chi connectivity index (χ1v) is 5.10. The molecule has 0 fully saturated rings. The van der Waals surface area contributed by atoms with Gasteiger partial charge in [0.1, 0.15) is 6.67 Å². The van der Waals surface area contributed by atoms with Crippen LogP contribution in [0.3, 0.4) is 0 Å². The third kappa shape index (κ3) is 2.87.